The Kier molecular flexibility index (Phi) is 5.45. The Morgan fingerprint density at radius 3 is 2.40 bits per heavy atom. The molecule has 0 aromatic heterocycles. The van der Waals surface area contributed by atoms with Crippen molar-refractivity contribution in [1.82, 2.24) is 4.90 Å². The number of carbonyl (C=O) groups excluding carboxylic acids is 2. The van der Waals surface area contributed by atoms with Crippen molar-refractivity contribution < 1.29 is 14.3 Å². The van der Waals surface area contributed by atoms with E-state index in [2.05, 4.69) is 0 Å². The zero-order valence-corrected chi connectivity index (χ0v) is 12.8. The molecule has 1 amide bonds. The zero-order chi connectivity index (χ0) is 15.3. The van der Waals surface area contributed by atoms with Crippen LogP contribution in [0.3, 0.4) is 0 Å². The average Bonchev–Trinajstić information content (AvgIpc) is 2.42. The van der Waals surface area contributed by atoms with Gasteiger partial charge in [-0.25, -0.2) is 0 Å². The second kappa shape index (κ2) is 6.66. The van der Waals surface area contributed by atoms with Gasteiger partial charge in [0.15, 0.2) is 6.29 Å². The molecule has 0 aliphatic rings. The van der Waals surface area contributed by atoms with Crippen molar-refractivity contribution >= 4 is 12.2 Å². The lowest BCUT2D eigenvalue weighted by molar-refractivity contribution is -0.0792. The highest BCUT2D eigenvalue weighted by Crippen LogP contribution is 2.26. The molecule has 4 nitrogen and oxygen atoms in total. The number of aldehydes is 1. The van der Waals surface area contributed by atoms with E-state index in [1.54, 1.807) is 36.3 Å². The van der Waals surface area contributed by atoms with Crippen molar-refractivity contribution in [2.45, 2.75) is 33.9 Å². The minimum Gasteiger partial charge on any atom is -0.361 e. The fraction of sp³-hybridized carbons (Fsp3) is 0.500. The first-order chi connectivity index (χ1) is 9.36. The summed E-state index contributed by atoms with van der Waals surface area (Å²) in [6.45, 7) is 8.47. The Balaban J connectivity index is 3.18. The van der Waals surface area contributed by atoms with Crippen LogP contribution in [0.15, 0.2) is 24.3 Å². The van der Waals surface area contributed by atoms with Crippen LogP contribution in [0.2, 0.25) is 0 Å². The minimum atomic E-state index is -0.347. The highest BCUT2D eigenvalue weighted by atomic mass is 16.5. The first kappa shape index (κ1) is 16.4. The SMILES string of the molecule is CCN(C(=O)c1ccccc1C=O)C(OC)C(C)(C)C. The average molecular weight is 277 g/mol. The number of ether oxygens (including phenoxy) is 1. The Morgan fingerprint density at radius 2 is 1.95 bits per heavy atom. The fourth-order valence-corrected chi connectivity index (χ4v) is 2.31. The Hall–Kier alpha value is -1.68. The van der Waals surface area contributed by atoms with Crippen LogP contribution in [0.1, 0.15) is 48.4 Å². The van der Waals surface area contributed by atoms with Crippen molar-refractivity contribution in [2.24, 2.45) is 5.41 Å². The second-order valence-electron chi connectivity index (χ2n) is 5.75. The number of amides is 1. The van der Waals surface area contributed by atoms with Crippen LogP contribution in [0, 0.1) is 5.41 Å². The summed E-state index contributed by atoms with van der Waals surface area (Å²) in [7, 11) is 1.59. The van der Waals surface area contributed by atoms with Crippen LogP contribution in [0.4, 0.5) is 0 Å². The fourth-order valence-electron chi connectivity index (χ4n) is 2.31. The highest BCUT2D eigenvalue weighted by Gasteiger charge is 2.33. The van der Waals surface area contributed by atoms with E-state index in [9.17, 15) is 9.59 Å². The summed E-state index contributed by atoms with van der Waals surface area (Å²) >= 11 is 0. The molecule has 1 atom stereocenters. The summed E-state index contributed by atoms with van der Waals surface area (Å²) in [4.78, 5) is 25.4. The van der Waals surface area contributed by atoms with Gasteiger partial charge in [0.05, 0.1) is 5.56 Å². The zero-order valence-electron chi connectivity index (χ0n) is 12.8. The summed E-state index contributed by atoms with van der Waals surface area (Å²) in [5.41, 5.74) is 0.603. The Bertz CT molecular complexity index is 477. The summed E-state index contributed by atoms with van der Waals surface area (Å²) in [5.74, 6) is -0.183. The maximum absolute atomic E-state index is 12.7. The molecule has 0 aliphatic heterocycles. The highest BCUT2D eigenvalue weighted by molar-refractivity contribution is 6.01. The van der Waals surface area contributed by atoms with Gasteiger partial charge in [0, 0.05) is 24.6 Å². The predicted molar refractivity (Wildman–Crippen MR) is 78.8 cm³/mol. The van der Waals surface area contributed by atoms with Crippen LogP contribution in [-0.4, -0.2) is 37.0 Å². The van der Waals surface area contributed by atoms with Crippen molar-refractivity contribution in [1.29, 1.82) is 0 Å². The molecular formula is C16H23NO3. The van der Waals surface area contributed by atoms with Crippen LogP contribution in [-0.2, 0) is 4.74 Å². The van der Waals surface area contributed by atoms with Gasteiger partial charge in [0.25, 0.3) is 5.91 Å². The third kappa shape index (κ3) is 3.45. The van der Waals surface area contributed by atoms with E-state index in [0.717, 1.165) is 0 Å². The molecule has 20 heavy (non-hydrogen) atoms. The first-order valence-electron chi connectivity index (χ1n) is 6.74. The van der Waals surface area contributed by atoms with Crippen LogP contribution in [0.5, 0.6) is 0 Å². The Labute approximate surface area is 120 Å². The molecule has 0 spiro atoms. The molecule has 0 bridgehead atoms. The molecule has 1 aromatic carbocycles. The van der Waals surface area contributed by atoms with E-state index in [1.165, 1.54) is 0 Å². The van der Waals surface area contributed by atoms with E-state index in [-0.39, 0.29) is 17.6 Å². The third-order valence-corrected chi connectivity index (χ3v) is 3.17. The lowest BCUT2D eigenvalue weighted by Gasteiger charge is -2.38. The summed E-state index contributed by atoms with van der Waals surface area (Å²) in [6.07, 6.45) is 0.361. The van der Waals surface area contributed by atoms with Gasteiger partial charge in [0.2, 0.25) is 0 Å². The first-order valence-corrected chi connectivity index (χ1v) is 6.74. The van der Waals surface area contributed by atoms with Crippen LogP contribution >= 0.6 is 0 Å². The lowest BCUT2D eigenvalue weighted by atomic mass is 9.92. The monoisotopic (exact) mass is 277 g/mol. The summed E-state index contributed by atoms with van der Waals surface area (Å²) < 4.78 is 5.50. The van der Waals surface area contributed by atoms with Crippen molar-refractivity contribution in [2.75, 3.05) is 13.7 Å². The van der Waals surface area contributed by atoms with Crippen molar-refractivity contribution in [3.8, 4) is 0 Å². The normalized spacial score (nSPS) is 12.8. The lowest BCUT2D eigenvalue weighted by Crippen LogP contribution is -2.48. The third-order valence-electron chi connectivity index (χ3n) is 3.17. The molecule has 1 unspecified atom stereocenters. The summed E-state index contributed by atoms with van der Waals surface area (Å²) in [5, 5.41) is 0. The molecule has 0 heterocycles. The van der Waals surface area contributed by atoms with E-state index in [4.69, 9.17) is 4.74 Å². The molecular weight excluding hydrogens is 254 g/mol. The number of carbonyl (C=O) groups is 2. The molecule has 110 valence electrons. The van der Waals surface area contributed by atoms with Crippen LogP contribution < -0.4 is 0 Å². The maximum Gasteiger partial charge on any atom is 0.256 e. The molecule has 0 saturated heterocycles. The number of benzene rings is 1. The van der Waals surface area contributed by atoms with Gasteiger partial charge in [-0.05, 0) is 13.0 Å². The van der Waals surface area contributed by atoms with Crippen molar-refractivity contribution in [3.05, 3.63) is 35.4 Å². The van der Waals surface area contributed by atoms with Gasteiger partial charge in [-0.1, -0.05) is 39.0 Å². The number of hydrogen-bond donors (Lipinski definition) is 0. The Morgan fingerprint density at radius 1 is 1.35 bits per heavy atom. The second-order valence-corrected chi connectivity index (χ2v) is 5.75. The van der Waals surface area contributed by atoms with E-state index in [0.29, 0.717) is 24.0 Å². The molecule has 1 aromatic rings. The quantitative estimate of drug-likeness (QED) is 0.614. The molecule has 0 saturated carbocycles. The number of hydrogen-bond acceptors (Lipinski definition) is 3. The van der Waals surface area contributed by atoms with Gasteiger partial charge in [-0.15, -0.1) is 0 Å². The molecule has 0 radical (unpaired) electrons. The van der Waals surface area contributed by atoms with Crippen LogP contribution in [0.25, 0.3) is 0 Å². The van der Waals surface area contributed by atoms with Gasteiger partial charge < -0.3 is 9.64 Å². The molecule has 1 rings (SSSR count). The van der Waals surface area contributed by atoms with Gasteiger partial charge in [-0.2, -0.15) is 0 Å². The topological polar surface area (TPSA) is 46.6 Å². The smallest absolute Gasteiger partial charge is 0.256 e. The van der Waals surface area contributed by atoms with Gasteiger partial charge in [-0.3, -0.25) is 9.59 Å². The largest absolute Gasteiger partial charge is 0.361 e. The molecule has 4 heteroatoms. The number of rotatable bonds is 5. The minimum absolute atomic E-state index is 0.183. The van der Waals surface area contributed by atoms with E-state index < -0.39 is 0 Å². The predicted octanol–water partition coefficient (Wildman–Crippen LogP) is 2.98. The summed E-state index contributed by atoms with van der Waals surface area (Å²) in [6, 6.07) is 6.82. The molecule has 0 aliphatic carbocycles. The van der Waals surface area contributed by atoms with E-state index in [1.807, 2.05) is 27.7 Å². The molecule has 0 N–H and O–H groups in total. The maximum atomic E-state index is 12.7. The van der Waals surface area contributed by atoms with Gasteiger partial charge >= 0.3 is 0 Å². The number of nitrogens with zero attached hydrogens (tertiary/aromatic N) is 1. The number of methoxy groups -OCH3 is 1. The van der Waals surface area contributed by atoms with Crippen molar-refractivity contribution in [3.63, 3.8) is 0 Å². The van der Waals surface area contributed by atoms with Gasteiger partial charge in [0.1, 0.15) is 6.23 Å². The van der Waals surface area contributed by atoms with E-state index >= 15 is 0 Å². The standard InChI is InChI=1S/C16H23NO3/c1-6-17(15(20-5)16(2,3)4)14(19)13-10-8-7-9-12(13)11-18/h7-11,15H,6H2,1-5H3. The molecule has 0 fully saturated rings.